The van der Waals surface area contributed by atoms with Gasteiger partial charge in [-0.15, -0.1) is 0 Å². The highest BCUT2D eigenvalue weighted by Gasteiger charge is 2.12. The summed E-state index contributed by atoms with van der Waals surface area (Å²) in [5.74, 6) is 0.287. The Bertz CT molecular complexity index is 353. The topological polar surface area (TPSA) is 60.5 Å². The van der Waals surface area contributed by atoms with E-state index in [1.807, 2.05) is 13.8 Å². The van der Waals surface area contributed by atoms with Crippen molar-refractivity contribution in [1.29, 1.82) is 0 Å². The molecule has 0 atom stereocenters. The van der Waals surface area contributed by atoms with Crippen molar-refractivity contribution in [2.24, 2.45) is 5.92 Å². The molecule has 0 aliphatic rings. The van der Waals surface area contributed by atoms with E-state index in [0.29, 0.717) is 18.1 Å². The van der Waals surface area contributed by atoms with Gasteiger partial charge in [0.25, 0.3) is 5.91 Å². The molecule has 0 spiro atoms. The van der Waals surface area contributed by atoms with Crippen LogP contribution in [-0.2, 0) is 4.84 Å². The van der Waals surface area contributed by atoms with E-state index < -0.39 is 0 Å². The molecule has 0 saturated carbocycles. The molecule has 0 aliphatic carbocycles. The van der Waals surface area contributed by atoms with Crippen molar-refractivity contribution in [2.75, 3.05) is 13.7 Å². The minimum absolute atomic E-state index is 0.285. The van der Waals surface area contributed by atoms with E-state index in [4.69, 9.17) is 9.57 Å². The zero-order valence-corrected chi connectivity index (χ0v) is 9.69. The van der Waals surface area contributed by atoms with Gasteiger partial charge in [0.15, 0.2) is 0 Å². The van der Waals surface area contributed by atoms with Gasteiger partial charge in [-0.05, 0) is 18.1 Å². The molecule has 0 aromatic carbocycles. The number of methoxy groups -OCH3 is 1. The fraction of sp³-hybridized carbons (Fsp3) is 0.455. The summed E-state index contributed by atoms with van der Waals surface area (Å²) in [6.07, 6.45) is 1.56. The van der Waals surface area contributed by atoms with Crippen molar-refractivity contribution in [3.05, 3.63) is 23.9 Å². The average Bonchev–Trinajstić information content (AvgIpc) is 2.28. The van der Waals surface area contributed by atoms with Crippen molar-refractivity contribution in [1.82, 2.24) is 10.5 Å². The van der Waals surface area contributed by atoms with Gasteiger partial charge in [0, 0.05) is 6.20 Å². The number of aromatic nitrogens is 1. The van der Waals surface area contributed by atoms with Crippen LogP contribution in [0, 0.1) is 5.92 Å². The molecule has 1 N–H and O–H groups in total. The van der Waals surface area contributed by atoms with Crippen LogP contribution in [0.4, 0.5) is 0 Å². The van der Waals surface area contributed by atoms with Gasteiger partial charge >= 0.3 is 0 Å². The van der Waals surface area contributed by atoms with E-state index in [1.54, 1.807) is 18.3 Å². The van der Waals surface area contributed by atoms with Crippen LogP contribution in [0.5, 0.6) is 5.88 Å². The van der Waals surface area contributed by atoms with E-state index in [-0.39, 0.29) is 11.8 Å². The molecule has 0 unspecified atom stereocenters. The summed E-state index contributed by atoms with van der Waals surface area (Å²) < 4.78 is 4.97. The van der Waals surface area contributed by atoms with Crippen LogP contribution in [0.2, 0.25) is 0 Å². The van der Waals surface area contributed by atoms with Crippen molar-refractivity contribution >= 4 is 5.91 Å². The zero-order chi connectivity index (χ0) is 12.0. The summed E-state index contributed by atoms with van der Waals surface area (Å²) in [7, 11) is 1.47. The van der Waals surface area contributed by atoms with Crippen LogP contribution in [0.3, 0.4) is 0 Å². The van der Waals surface area contributed by atoms with Crippen LogP contribution >= 0.6 is 0 Å². The Hall–Kier alpha value is -1.62. The predicted octanol–water partition coefficient (Wildman–Crippen LogP) is 1.41. The monoisotopic (exact) mass is 224 g/mol. The molecule has 0 saturated heterocycles. The van der Waals surface area contributed by atoms with Gasteiger partial charge in [0.05, 0.1) is 13.7 Å². The first-order chi connectivity index (χ1) is 7.65. The quantitative estimate of drug-likeness (QED) is 0.768. The number of ether oxygens (including phenoxy) is 1. The Kier molecular flexibility index (Phi) is 4.72. The highest BCUT2D eigenvalue weighted by atomic mass is 16.7. The molecule has 1 heterocycles. The Morgan fingerprint density at radius 2 is 2.31 bits per heavy atom. The van der Waals surface area contributed by atoms with Gasteiger partial charge in [0.2, 0.25) is 5.88 Å². The molecule has 16 heavy (non-hydrogen) atoms. The molecule has 1 amide bonds. The minimum atomic E-state index is -0.356. The van der Waals surface area contributed by atoms with Crippen molar-refractivity contribution in [3.63, 3.8) is 0 Å². The van der Waals surface area contributed by atoms with Crippen LogP contribution in [-0.4, -0.2) is 24.6 Å². The highest BCUT2D eigenvalue weighted by molar-refractivity contribution is 5.95. The van der Waals surface area contributed by atoms with E-state index in [0.717, 1.165) is 0 Å². The number of hydroxylamine groups is 1. The largest absolute Gasteiger partial charge is 0.480 e. The molecule has 5 heteroatoms. The molecular formula is C11H16N2O3. The molecule has 1 aromatic rings. The zero-order valence-electron chi connectivity index (χ0n) is 9.69. The summed E-state index contributed by atoms with van der Waals surface area (Å²) in [5, 5.41) is 0. The molecule has 0 bridgehead atoms. The van der Waals surface area contributed by atoms with Crippen LogP contribution in [0.25, 0.3) is 0 Å². The van der Waals surface area contributed by atoms with E-state index in [1.165, 1.54) is 7.11 Å². The highest BCUT2D eigenvalue weighted by Crippen LogP contribution is 2.12. The third-order valence-corrected chi connectivity index (χ3v) is 1.79. The third-order valence-electron chi connectivity index (χ3n) is 1.79. The lowest BCUT2D eigenvalue weighted by molar-refractivity contribution is 0.0206. The van der Waals surface area contributed by atoms with Gasteiger partial charge in [-0.1, -0.05) is 13.8 Å². The number of hydrogen-bond acceptors (Lipinski definition) is 4. The molecular weight excluding hydrogens is 208 g/mol. The predicted molar refractivity (Wildman–Crippen MR) is 59.0 cm³/mol. The fourth-order valence-corrected chi connectivity index (χ4v) is 1.06. The number of pyridine rings is 1. The first kappa shape index (κ1) is 12.4. The second-order valence-electron chi connectivity index (χ2n) is 3.70. The first-order valence-corrected chi connectivity index (χ1v) is 5.06. The van der Waals surface area contributed by atoms with Crippen LogP contribution < -0.4 is 10.2 Å². The van der Waals surface area contributed by atoms with Crippen LogP contribution in [0.1, 0.15) is 24.2 Å². The lowest BCUT2D eigenvalue weighted by Gasteiger charge is -2.09. The standard InChI is InChI=1S/C11H16N2O3/c1-8(2)7-16-13-10(14)9-5-4-6-12-11(9)15-3/h4-6,8H,7H2,1-3H3,(H,13,14). The Balaban J connectivity index is 2.59. The Morgan fingerprint density at radius 1 is 1.56 bits per heavy atom. The minimum Gasteiger partial charge on any atom is -0.480 e. The van der Waals surface area contributed by atoms with Crippen molar-refractivity contribution < 1.29 is 14.4 Å². The first-order valence-electron chi connectivity index (χ1n) is 5.06. The second kappa shape index (κ2) is 6.07. The number of nitrogens with one attached hydrogen (secondary N) is 1. The summed E-state index contributed by atoms with van der Waals surface area (Å²) in [6, 6.07) is 3.29. The average molecular weight is 224 g/mol. The van der Waals surface area contributed by atoms with Gasteiger partial charge in [0.1, 0.15) is 5.56 Å². The number of nitrogens with zero attached hydrogens (tertiary/aromatic N) is 1. The number of hydrogen-bond donors (Lipinski definition) is 1. The summed E-state index contributed by atoms with van der Waals surface area (Å²) >= 11 is 0. The maximum Gasteiger partial charge on any atom is 0.280 e. The molecule has 0 aliphatic heterocycles. The van der Waals surface area contributed by atoms with Crippen molar-refractivity contribution in [2.45, 2.75) is 13.8 Å². The lowest BCUT2D eigenvalue weighted by atomic mass is 10.2. The molecule has 1 aromatic heterocycles. The van der Waals surface area contributed by atoms with E-state index in [2.05, 4.69) is 10.5 Å². The molecule has 0 fully saturated rings. The Labute approximate surface area is 94.7 Å². The molecule has 1 rings (SSSR count). The fourth-order valence-electron chi connectivity index (χ4n) is 1.06. The van der Waals surface area contributed by atoms with E-state index >= 15 is 0 Å². The van der Waals surface area contributed by atoms with Gasteiger partial charge in [-0.2, -0.15) is 0 Å². The Morgan fingerprint density at radius 3 is 2.94 bits per heavy atom. The normalized spacial score (nSPS) is 10.2. The van der Waals surface area contributed by atoms with Crippen molar-refractivity contribution in [3.8, 4) is 5.88 Å². The number of amides is 1. The summed E-state index contributed by atoms with van der Waals surface area (Å²) in [4.78, 5) is 20.6. The smallest absolute Gasteiger partial charge is 0.280 e. The van der Waals surface area contributed by atoms with Gasteiger partial charge in [-0.3, -0.25) is 9.63 Å². The molecule has 0 radical (unpaired) electrons. The second-order valence-corrected chi connectivity index (χ2v) is 3.70. The lowest BCUT2D eigenvalue weighted by Crippen LogP contribution is -2.26. The SMILES string of the molecule is COc1ncccc1C(=O)NOCC(C)C. The molecule has 88 valence electrons. The summed E-state index contributed by atoms with van der Waals surface area (Å²) in [5.41, 5.74) is 2.70. The maximum absolute atomic E-state index is 11.6. The number of carbonyl (C=O) groups excluding carboxylic acids is 1. The third kappa shape index (κ3) is 3.51. The number of carbonyl (C=O) groups is 1. The summed E-state index contributed by atoms with van der Waals surface area (Å²) in [6.45, 7) is 4.46. The van der Waals surface area contributed by atoms with Gasteiger partial charge in [-0.25, -0.2) is 10.5 Å². The van der Waals surface area contributed by atoms with E-state index in [9.17, 15) is 4.79 Å². The molecule has 5 nitrogen and oxygen atoms in total. The van der Waals surface area contributed by atoms with Gasteiger partial charge < -0.3 is 4.74 Å². The van der Waals surface area contributed by atoms with Crippen LogP contribution in [0.15, 0.2) is 18.3 Å². The number of rotatable bonds is 5. The maximum atomic E-state index is 11.6.